The summed E-state index contributed by atoms with van der Waals surface area (Å²) in [5.41, 5.74) is 2.52. The summed E-state index contributed by atoms with van der Waals surface area (Å²) in [6.07, 6.45) is 3.39. The normalized spacial score (nSPS) is 10.7. The molecule has 0 bridgehead atoms. The van der Waals surface area contributed by atoms with Gasteiger partial charge in [-0.25, -0.2) is 0 Å². The number of aromatic nitrogens is 1. The van der Waals surface area contributed by atoms with Gasteiger partial charge < -0.3 is 4.84 Å². The average Bonchev–Trinajstić information content (AvgIpc) is 2.46. The van der Waals surface area contributed by atoms with Crippen LogP contribution in [0.4, 0.5) is 0 Å². The minimum absolute atomic E-state index is 0.0680. The first-order valence-electron chi connectivity index (χ1n) is 5.44. The van der Waals surface area contributed by atoms with Gasteiger partial charge in [0.25, 0.3) is 0 Å². The second-order valence-electron chi connectivity index (χ2n) is 3.47. The number of pyridine rings is 1. The lowest BCUT2D eigenvalue weighted by Gasteiger charge is -2.05. The highest BCUT2D eigenvalue weighted by Crippen LogP contribution is 2.10. The molecule has 0 radical (unpaired) electrons. The van der Waals surface area contributed by atoms with Crippen molar-refractivity contribution in [3.8, 4) is 6.07 Å². The Labute approximate surface area is 105 Å². The van der Waals surface area contributed by atoms with Gasteiger partial charge in [0.2, 0.25) is 6.61 Å². The third kappa shape index (κ3) is 2.92. The van der Waals surface area contributed by atoms with E-state index in [0.717, 1.165) is 11.1 Å². The molecular formula is C14H11N3O. The second-order valence-corrected chi connectivity index (χ2v) is 3.47. The molecule has 0 aliphatic heterocycles. The highest BCUT2D eigenvalue weighted by Gasteiger charge is 2.06. The number of oxime groups is 1. The van der Waals surface area contributed by atoms with Gasteiger partial charge in [-0.1, -0.05) is 35.5 Å². The van der Waals surface area contributed by atoms with Crippen molar-refractivity contribution in [3.63, 3.8) is 0 Å². The van der Waals surface area contributed by atoms with Crippen LogP contribution in [-0.4, -0.2) is 17.3 Å². The molecule has 0 atom stereocenters. The molecular weight excluding hydrogens is 226 g/mol. The minimum atomic E-state index is -0.0680. The molecule has 1 aromatic carbocycles. The first-order valence-corrected chi connectivity index (χ1v) is 5.44. The van der Waals surface area contributed by atoms with Crippen LogP contribution < -0.4 is 0 Å². The molecule has 0 N–H and O–H groups in total. The van der Waals surface area contributed by atoms with E-state index in [2.05, 4.69) is 10.1 Å². The van der Waals surface area contributed by atoms with Crippen molar-refractivity contribution in [2.24, 2.45) is 5.16 Å². The lowest BCUT2D eigenvalue weighted by Crippen LogP contribution is -2.04. The topological polar surface area (TPSA) is 58.3 Å². The summed E-state index contributed by atoms with van der Waals surface area (Å²) in [7, 11) is 0. The molecule has 0 saturated carbocycles. The maximum Gasteiger partial charge on any atom is 0.202 e. The molecule has 18 heavy (non-hydrogen) atoms. The van der Waals surface area contributed by atoms with Crippen LogP contribution in [0.1, 0.15) is 11.1 Å². The van der Waals surface area contributed by atoms with Gasteiger partial charge in [0.1, 0.15) is 11.8 Å². The predicted molar refractivity (Wildman–Crippen MR) is 67.9 cm³/mol. The summed E-state index contributed by atoms with van der Waals surface area (Å²) in [4.78, 5) is 8.93. The maximum atomic E-state index is 8.47. The molecule has 2 rings (SSSR count). The van der Waals surface area contributed by atoms with Crippen LogP contribution in [0.15, 0.2) is 60.0 Å². The molecule has 88 valence electrons. The molecule has 0 saturated heterocycles. The Morgan fingerprint density at radius 2 is 1.78 bits per heavy atom. The SMILES string of the molecule is N#CCO/N=C(/c1ccccc1)c1ccncc1. The summed E-state index contributed by atoms with van der Waals surface area (Å²) < 4.78 is 0. The molecule has 1 aromatic heterocycles. The quantitative estimate of drug-likeness (QED) is 0.466. The van der Waals surface area contributed by atoms with Crippen LogP contribution in [-0.2, 0) is 4.84 Å². The van der Waals surface area contributed by atoms with Gasteiger partial charge in [-0.05, 0) is 12.1 Å². The first kappa shape index (κ1) is 11.8. The van der Waals surface area contributed by atoms with E-state index in [0.29, 0.717) is 5.71 Å². The van der Waals surface area contributed by atoms with E-state index >= 15 is 0 Å². The van der Waals surface area contributed by atoms with E-state index in [1.165, 1.54) is 0 Å². The largest absolute Gasteiger partial charge is 0.380 e. The van der Waals surface area contributed by atoms with Gasteiger partial charge in [0.15, 0.2) is 0 Å². The number of nitriles is 1. The second kappa shape index (κ2) is 6.16. The lowest BCUT2D eigenvalue weighted by molar-refractivity contribution is 0.179. The molecule has 0 amide bonds. The molecule has 0 fully saturated rings. The number of benzene rings is 1. The molecule has 4 heteroatoms. The van der Waals surface area contributed by atoms with Crippen molar-refractivity contribution >= 4 is 5.71 Å². The van der Waals surface area contributed by atoms with Crippen molar-refractivity contribution in [2.45, 2.75) is 0 Å². The summed E-state index contributed by atoms with van der Waals surface area (Å²) in [6, 6.07) is 15.2. The van der Waals surface area contributed by atoms with Crippen LogP contribution >= 0.6 is 0 Å². The zero-order chi connectivity index (χ0) is 12.6. The highest BCUT2D eigenvalue weighted by molar-refractivity contribution is 6.12. The summed E-state index contributed by atoms with van der Waals surface area (Å²) >= 11 is 0. The van der Waals surface area contributed by atoms with Gasteiger partial charge in [-0.3, -0.25) is 4.98 Å². The van der Waals surface area contributed by atoms with Crippen molar-refractivity contribution in [1.29, 1.82) is 5.26 Å². The smallest absolute Gasteiger partial charge is 0.202 e. The van der Waals surface area contributed by atoms with Crippen molar-refractivity contribution in [2.75, 3.05) is 6.61 Å². The standard InChI is InChI=1S/C14H11N3O/c15-8-11-18-17-14(12-4-2-1-3-5-12)13-6-9-16-10-7-13/h1-7,9-10H,11H2/b17-14-. The molecule has 0 spiro atoms. The summed E-state index contributed by atoms with van der Waals surface area (Å²) in [5, 5.41) is 12.5. The molecule has 0 unspecified atom stereocenters. The molecule has 4 nitrogen and oxygen atoms in total. The first-order chi connectivity index (χ1) is 8.92. The Morgan fingerprint density at radius 1 is 1.11 bits per heavy atom. The Morgan fingerprint density at radius 3 is 2.44 bits per heavy atom. The van der Waals surface area contributed by atoms with Crippen LogP contribution in [0, 0.1) is 11.3 Å². The fourth-order valence-corrected chi connectivity index (χ4v) is 1.50. The van der Waals surface area contributed by atoms with Crippen LogP contribution in [0.25, 0.3) is 0 Å². The zero-order valence-corrected chi connectivity index (χ0v) is 9.65. The zero-order valence-electron chi connectivity index (χ0n) is 9.65. The van der Waals surface area contributed by atoms with E-state index in [-0.39, 0.29) is 6.61 Å². The number of hydrogen-bond donors (Lipinski definition) is 0. The van der Waals surface area contributed by atoms with Gasteiger partial charge in [0.05, 0.1) is 0 Å². The molecule has 2 aromatic rings. The summed E-state index contributed by atoms with van der Waals surface area (Å²) in [6.45, 7) is -0.0680. The Hall–Kier alpha value is -2.67. The Balaban J connectivity index is 2.36. The monoisotopic (exact) mass is 237 g/mol. The van der Waals surface area contributed by atoms with Crippen molar-refractivity contribution in [3.05, 3.63) is 66.0 Å². The van der Waals surface area contributed by atoms with E-state index in [1.54, 1.807) is 12.4 Å². The average molecular weight is 237 g/mol. The van der Waals surface area contributed by atoms with Crippen molar-refractivity contribution in [1.82, 2.24) is 4.98 Å². The van der Waals surface area contributed by atoms with Gasteiger partial charge in [-0.15, -0.1) is 0 Å². The van der Waals surface area contributed by atoms with E-state index < -0.39 is 0 Å². The molecule has 1 heterocycles. The number of hydrogen-bond acceptors (Lipinski definition) is 4. The molecule has 0 aliphatic rings. The highest BCUT2D eigenvalue weighted by atomic mass is 16.6. The van der Waals surface area contributed by atoms with Gasteiger partial charge in [-0.2, -0.15) is 5.26 Å². The van der Waals surface area contributed by atoms with E-state index in [4.69, 9.17) is 10.1 Å². The third-order valence-corrected chi connectivity index (χ3v) is 2.29. The minimum Gasteiger partial charge on any atom is -0.380 e. The predicted octanol–water partition coefficient (Wildman–Crippen LogP) is 2.37. The van der Waals surface area contributed by atoms with E-state index in [9.17, 15) is 0 Å². The number of nitrogens with zero attached hydrogens (tertiary/aromatic N) is 3. The lowest BCUT2D eigenvalue weighted by atomic mass is 10.0. The van der Waals surface area contributed by atoms with Crippen molar-refractivity contribution < 1.29 is 4.84 Å². The number of rotatable bonds is 4. The van der Waals surface area contributed by atoms with Crippen LogP contribution in [0.2, 0.25) is 0 Å². The summed E-state index contributed by atoms with van der Waals surface area (Å²) in [5.74, 6) is 0. The van der Waals surface area contributed by atoms with Crippen LogP contribution in [0.5, 0.6) is 0 Å². The fourth-order valence-electron chi connectivity index (χ4n) is 1.50. The molecule has 0 aliphatic carbocycles. The maximum absolute atomic E-state index is 8.47. The van der Waals surface area contributed by atoms with Gasteiger partial charge >= 0.3 is 0 Å². The van der Waals surface area contributed by atoms with Gasteiger partial charge in [0, 0.05) is 23.5 Å². The Kier molecular flexibility index (Phi) is 4.04. The fraction of sp³-hybridized carbons (Fsp3) is 0.0714. The van der Waals surface area contributed by atoms with E-state index in [1.807, 2.05) is 48.5 Å². The van der Waals surface area contributed by atoms with Crippen LogP contribution in [0.3, 0.4) is 0 Å². The third-order valence-electron chi connectivity index (χ3n) is 2.29. The Bertz CT molecular complexity index is 517.